The minimum Gasteiger partial charge on any atom is -0.508 e. The lowest BCUT2D eigenvalue weighted by Gasteiger charge is -2.11. The fourth-order valence-electron chi connectivity index (χ4n) is 2.45. The number of sulfonamides is 1. The Kier molecular flexibility index (Phi) is 6.69. The lowest BCUT2D eigenvalue weighted by molar-refractivity contribution is 0.0955. The summed E-state index contributed by atoms with van der Waals surface area (Å²) in [5.74, 6) is -1.02. The van der Waals surface area contributed by atoms with E-state index in [-0.39, 0.29) is 38.2 Å². The number of phenols is 2. The molecule has 31 heavy (non-hydrogen) atoms. The van der Waals surface area contributed by atoms with Crippen LogP contribution in [0.3, 0.4) is 0 Å². The quantitative estimate of drug-likeness (QED) is 0.314. The van der Waals surface area contributed by atoms with Gasteiger partial charge in [-0.2, -0.15) is 5.10 Å². The molecular weight excluding hydrogens is 465 g/mol. The first-order chi connectivity index (χ1) is 14.7. The molecule has 0 aliphatic rings. The number of benzene rings is 3. The van der Waals surface area contributed by atoms with Crippen LogP contribution < -0.4 is 10.1 Å². The fraction of sp³-hybridized carbons (Fsp3) is 0. The molecule has 8 nitrogen and oxygen atoms in total. The van der Waals surface area contributed by atoms with E-state index in [0.717, 1.165) is 6.07 Å². The van der Waals surface area contributed by atoms with E-state index in [4.69, 9.17) is 23.2 Å². The van der Waals surface area contributed by atoms with Crippen LogP contribution >= 0.6 is 23.2 Å². The van der Waals surface area contributed by atoms with Crippen molar-refractivity contribution in [3.8, 4) is 11.5 Å². The first-order valence-corrected chi connectivity index (χ1v) is 10.8. The average Bonchev–Trinajstić information content (AvgIpc) is 2.72. The number of hydrazone groups is 1. The predicted octanol–water partition coefficient (Wildman–Crippen LogP) is 3.97. The van der Waals surface area contributed by atoms with Crippen LogP contribution in [-0.2, 0) is 10.0 Å². The van der Waals surface area contributed by atoms with Gasteiger partial charge in [-0.1, -0.05) is 29.3 Å². The van der Waals surface area contributed by atoms with Crippen LogP contribution in [0.5, 0.6) is 11.5 Å². The molecule has 3 aromatic carbocycles. The van der Waals surface area contributed by atoms with E-state index in [1.807, 2.05) is 0 Å². The van der Waals surface area contributed by atoms with Gasteiger partial charge in [0, 0.05) is 22.2 Å². The number of nitrogens with zero attached hydrogens (tertiary/aromatic N) is 1. The summed E-state index contributed by atoms with van der Waals surface area (Å²) in [7, 11) is -4.05. The number of carbonyl (C=O) groups excluding carboxylic acids is 1. The molecular formula is C20H15Cl2N3O5S. The van der Waals surface area contributed by atoms with Crippen LogP contribution in [0, 0.1) is 0 Å². The number of aromatic hydroxyl groups is 2. The summed E-state index contributed by atoms with van der Waals surface area (Å²) in [6.45, 7) is 0. The normalized spacial score (nSPS) is 11.4. The molecule has 3 aromatic rings. The zero-order valence-electron chi connectivity index (χ0n) is 15.6. The fourth-order valence-corrected chi connectivity index (χ4v) is 3.96. The summed E-state index contributed by atoms with van der Waals surface area (Å²) in [5.41, 5.74) is 2.63. The van der Waals surface area contributed by atoms with E-state index in [9.17, 15) is 23.4 Å². The summed E-state index contributed by atoms with van der Waals surface area (Å²) < 4.78 is 27.7. The summed E-state index contributed by atoms with van der Waals surface area (Å²) in [5, 5.41) is 23.2. The van der Waals surface area contributed by atoms with Gasteiger partial charge in [-0.3, -0.25) is 9.52 Å². The van der Waals surface area contributed by atoms with Gasteiger partial charge in [0.05, 0.1) is 21.8 Å². The lowest BCUT2D eigenvalue weighted by Crippen LogP contribution is -2.19. The van der Waals surface area contributed by atoms with Gasteiger partial charge in [0.15, 0.2) is 0 Å². The molecule has 0 unspecified atom stereocenters. The number of carbonyl (C=O) groups is 1. The molecule has 0 spiro atoms. The highest BCUT2D eigenvalue weighted by Gasteiger charge is 2.18. The number of halogens is 2. The molecule has 0 saturated heterocycles. The van der Waals surface area contributed by atoms with Crippen molar-refractivity contribution < 1.29 is 23.4 Å². The summed E-state index contributed by atoms with van der Waals surface area (Å²) in [6.07, 6.45) is 1.18. The van der Waals surface area contributed by atoms with Gasteiger partial charge in [0.2, 0.25) is 0 Å². The molecule has 160 valence electrons. The van der Waals surface area contributed by atoms with E-state index in [1.54, 1.807) is 0 Å². The van der Waals surface area contributed by atoms with Crippen molar-refractivity contribution in [1.82, 2.24) is 5.43 Å². The van der Waals surface area contributed by atoms with Crippen LogP contribution in [0.4, 0.5) is 5.69 Å². The Morgan fingerprint density at radius 2 is 1.77 bits per heavy atom. The van der Waals surface area contributed by atoms with E-state index in [2.05, 4.69) is 15.2 Å². The largest absolute Gasteiger partial charge is 0.508 e. The van der Waals surface area contributed by atoms with E-state index in [1.165, 1.54) is 60.8 Å². The third-order valence-corrected chi connectivity index (χ3v) is 5.89. The van der Waals surface area contributed by atoms with Crippen molar-refractivity contribution in [2.24, 2.45) is 5.10 Å². The highest BCUT2D eigenvalue weighted by molar-refractivity contribution is 7.92. The van der Waals surface area contributed by atoms with Gasteiger partial charge >= 0.3 is 0 Å². The average molecular weight is 480 g/mol. The number of hydrogen-bond donors (Lipinski definition) is 4. The topological polar surface area (TPSA) is 128 Å². The van der Waals surface area contributed by atoms with Crippen LogP contribution in [0.25, 0.3) is 0 Å². The van der Waals surface area contributed by atoms with Crippen LogP contribution in [0.1, 0.15) is 15.9 Å². The van der Waals surface area contributed by atoms with E-state index >= 15 is 0 Å². The Morgan fingerprint density at radius 3 is 2.52 bits per heavy atom. The van der Waals surface area contributed by atoms with Crippen molar-refractivity contribution in [2.45, 2.75) is 4.90 Å². The maximum atomic E-state index is 12.7. The second-order valence-electron chi connectivity index (χ2n) is 6.20. The molecule has 0 atom stereocenters. The zero-order chi connectivity index (χ0) is 22.6. The number of phenolic OH excluding ortho intramolecular Hbond substituents is 2. The van der Waals surface area contributed by atoms with Crippen LogP contribution in [0.2, 0.25) is 10.0 Å². The molecule has 0 radical (unpaired) electrons. The number of anilines is 1. The predicted molar refractivity (Wildman–Crippen MR) is 119 cm³/mol. The maximum absolute atomic E-state index is 12.7. The second kappa shape index (κ2) is 9.25. The van der Waals surface area contributed by atoms with Gasteiger partial charge in [-0.25, -0.2) is 13.8 Å². The van der Waals surface area contributed by atoms with Crippen LogP contribution in [0.15, 0.2) is 70.7 Å². The van der Waals surface area contributed by atoms with Gasteiger partial charge in [0.25, 0.3) is 15.9 Å². The van der Waals surface area contributed by atoms with Crippen molar-refractivity contribution >= 4 is 51.0 Å². The van der Waals surface area contributed by atoms with E-state index in [0.29, 0.717) is 5.02 Å². The van der Waals surface area contributed by atoms with Gasteiger partial charge < -0.3 is 10.2 Å². The maximum Gasteiger partial charge on any atom is 0.271 e. The Labute approximate surface area is 187 Å². The molecule has 0 fully saturated rings. The molecule has 11 heteroatoms. The lowest BCUT2D eigenvalue weighted by atomic mass is 10.2. The number of rotatable bonds is 6. The third-order valence-electron chi connectivity index (χ3n) is 3.96. The second-order valence-corrected chi connectivity index (χ2v) is 8.73. The molecule has 0 aliphatic carbocycles. The molecule has 3 rings (SSSR count). The van der Waals surface area contributed by atoms with Gasteiger partial charge in [-0.05, 0) is 48.5 Å². The summed E-state index contributed by atoms with van der Waals surface area (Å²) in [6, 6.07) is 13.5. The summed E-state index contributed by atoms with van der Waals surface area (Å²) in [4.78, 5) is 12.2. The molecule has 0 aliphatic heterocycles. The number of nitrogens with one attached hydrogen (secondary N) is 2. The SMILES string of the molecule is O=C(N/N=C\c1ccc(O)cc1O)c1cccc(S(=O)(=O)Nc2cc(Cl)ccc2Cl)c1. The van der Waals surface area contributed by atoms with Crippen molar-refractivity contribution in [2.75, 3.05) is 4.72 Å². The smallest absolute Gasteiger partial charge is 0.271 e. The standard InChI is InChI=1S/C20H15Cl2N3O5S/c21-14-5-7-17(22)18(9-14)25-31(29,30)16-3-1-2-12(8-16)20(28)24-23-11-13-4-6-15(26)10-19(13)27/h1-11,25-27H,(H,24,28)/b23-11-. The Hall–Kier alpha value is -3.27. The minimum absolute atomic E-state index is 0.0344. The molecule has 0 aromatic heterocycles. The van der Waals surface area contributed by atoms with Crippen LogP contribution in [-0.4, -0.2) is 30.8 Å². The molecule has 4 N–H and O–H groups in total. The van der Waals surface area contributed by atoms with E-state index < -0.39 is 15.9 Å². The van der Waals surface area contributed by atoms with Crippen molar-refractivity contribution in [3.63, 3.8) is 0 Å². The third kappa shape index (κ3) is 5.66. The number of amides is 1. The first-order valence-electron chi connectivity index (χ1n) is 8.59. The molecule has 0 bridgehead atoms. The van der Waals surface area contributed by atoms with Crippen molar-refractivity contribution in [3.05, 3.63) is 81.8 Å². The van der Waals surface area contributed by atoms with Crippen molar-refractivity contribution in [1.29, 1.82) is 0 Å². The monoisotopic (exact) mass is 479 g/mol. The van der Waals surface area contributed by atoms with Gasteiger partial charge in [-0.15, -0.1) is 0 Å². The first kappa shape index (κ1) is 22.4. The minimum atomic E-state index is -4.05. The summed E-state index contributed by atoms with van der Waals surface area (Å²) >= 11 is 11.9. The highest BCUT2D eigenvalue weighted by Crippen LogP contribution is 2.28. The zero-order valence-corrected chi connectivity index (χ0v) is 17.9. The van der Waals surface area contributed by atoms with Gasteiger partial charge in [0.1, 0.15) is 11.5 Å². The Bertz CT molecular complexity index is 1280. The molecule has 0 heterocycles. The Morgan fingerprint density at radius 1 is 1.00 bits per heavy atom. The number of hydrogen-bond acceptors (Lipinski definition) is 6. The Balaban J connectivity index is 1.76. The molecule has 0 saturated carbocycles. The highest BCUT2D eigenvalue weighted by atomic mass is 35.5. The molecule has 1 amide bonds.